The molecule has 8 heteroatoms. The van der Waals surface area contributed by atoms with Crippen LogP contribution in [0.25, 0.3) is 6.08 Å². The van der Waals surface area contributed by atoms with Gasteiger partial charge in [-0.3, -0.25) is 14.4 Å². The van der Waals surface area contributed by atoms with E-state index in [1.807, 2.05) is 86.5 Å². The number of nitrogens with one attached hydrogen (secondary N) is 1. The second-order valence-electron chi connectivity index (χ2n) is 12.0. The first-order chi connectivity index (χ1) is 20.1. The zero-order valence-corrected chi connectivity index (χ0v) is 24.6. The van der Waals surface area contributed by atoms with E-state index in [-0.39, 0.29) is 23.0 Å². The Hall–Kier alpha value is -4.59. The Balaban J connectivity index is 1.68. The van der Waals surface area contributed by atoms with E-state index in [2.05, 4.69) is 5.32 Å². The number of amides is 1. The number of fused-ring (bicyclic) bond motifs is 6. The fraction of sp³-hybridized carbons (Fsp3) is 0.324. The van der Waals surface area contributed by atoms with Crippen molar-refractivity contribution >= 4 is 29.2 Å². The van der Waals surface area contributed by atoms with E-state index in [0.717, 1.165) is 11.1 Å². The average Bonchev–Trinajstić information content (AvgIpc) is 3.47. The molecule has 0 radical (unpaired) electrons. The molecule has 4 atom stereocenters. The largest absolute Gasteiger partial charge is 0.493 e. The zero-order chi connectivity index (χ0) is 30.0. The molecule has 0 bridgehead atoms. The van der Waals surface area contributed by atoms with Crippen LogP contribution in [0, 0.1) is 11.3 Å². The van der Waals surface area contributed by atoms with Gasteiger partial charge in [0.15, 0.2) is 23.1 Å². The van der Waals surface area contributed by atoms with Crippen molar-refractivity contribution in [3.05, 3.63) is 89.1 Å². The Kier molecular flexibility index (Phi) is 6.40. The van der Waals surface area contributed by atoms with E-state index in [4.69, 9.17) is 14.2 Å². The smallest absolute Gasteiger partial charge is 0.238 e. The molecule has 1 spiro atoms. The number of carbonyl (C=O) groups excluding carboxylic acids is 3. The van der Waals surface area contributed by atoms with Crippen LogP contribution in [0.2, 0.25) is 0 Å². The summed E-state index contributed by atoms with van der Waals surface area (Å²) in [5.41, 5.74) is 1.23. The number of ether oxygens (including phenoxy) is 3. The van der Waals surface area contributed by atoms with Gasteiger partial charge in [0.25, 0.3) is 0 Å². The SMILES string of the molecule is COc1cc(C(=O)[C@@H]2[C@@H](C(=O)C(C)(C)C)N3C=Cc4ccccc4[C@@H]3[C@@]23C(=O)Nc2ccccc23)cc(OC)c1OC. The highest BCUT2D eigenvalue weighted by molar-refractivity contribution is 6.15. The summed E-state index contributed by atoms with van der Waals surface area (Å²) in [4.78, 5) is 46.0. The first-order valence-electron chi connectivity index (χ1n) is 13.9. The molecule has 0 unspecified atom stereocenters. The Bertz CT molecular complexity index is 1630. The number of hydrogen-bond donors (Lipinski definition) is 1. The number of anilines is 1. The minimum atomic E-state index is -1.40. The number of nitrogens with zero attached hydrogens (tertiary/aromatic N) is 1. The van der Waals surface area contributed by atoms with Crippen molar-refractivity contribution in [1.29, 1.82) is 0 Å². The molecule has 1 N–H and O–H groups in total. The van der Waals surface area contributed by atoms with Gasteiger partial charge in [-0.05, 0) is 41.0 Å². The molecule has 0 aliphatic carbocycles. The standard InChI is InChI=1S/C34H34N2O6/c1-33(2,3)31(38)27-26(28(37)20-17-24(40-4)29(42-6)25(18-20)41-5)34(22-13-9-10-14-23(22)35-32(34)39)30-21-12-8-7-11-19(21)15-16-36(27)30/h7-18,26-27,30H,1-6H3,(H,35,39)/t26-,27-,30+,34-/m0/s1. The Morgan fingerprint density at radius 3 is 2.19 bits per heavy atom. The summed E-state index contributed by atoms with van der Waals surface area (Å²) in [6.45, 7) is 5.54. The summed E-state index contributed by atoms with van der Waals surface area (Å²) < 4.78 is 16.6. The number of para-hydroxylation sites is 1. The summed E-state index contributed by atoms with van der Waals surface area (Å²) in [7, 11) is 4.46. The second-order valence-corrected chi connectivity index (χ2v) is 12.0. The quantitative estimate of drug-likeness (QED) is 0.398. The zero-order valence-electron chi connectivity index (χ0n) is 24.6. The Morgan fingerprint density at radius 1 is 0.905 bits per heavy atom. The normalized spacial score (nSPS) is 23.6. The van der Waals surface area contributed by atoms with Gasteiger partial charge in [0.1, 0.15) is 5.41 Å². The third kappa shape index (κ3) is 3.70. The van der Waals surface area contributed by atoms with Crippen LogP contribution in [0.5, 0.6) is 17.2 Å². The van der Waals surface area contributed by atoms with Crippen molar-refractivity contribution < 1.29 is 28.6 Å². The van der Waals surface area contributed by atoms with Crippen LogP contribution in [-0.4, -0.2) is 49.7 Å². The van der Waals surface area contributed by atoms with Gasteiger partial charge in [0.05, 0.1) is 39.3 Å². The number of carbonyl (C=O) groups is 3. The molecule has 3 aromatic rings. The molecule has 3 heterocycles. The lowest BCUT2D eigenvalue weighted by Crippen LogP contribution is -2.50. The lowest BCUT2D eigenvalue weighted by atomic mass is 9.62. The summed E-state index contributed by atoms with van der Waals surface area (Å²) in [6, 6.07) is 17.0. The van der Waals surface area contributed by atoms with Gasteiger partial charge >= 0.3 is 0 Å². The van der Waals surface area contributed by atoms with E-state index in [0.29, 0.717) is 28.5 Å². The van der Waals surface area contributed by atoms with Crippen molar-refractivity contribution in [1.82, 2.24) is 4.90 Å². The molecule has 6 rings (SSSR count). The molecular weight excluding hydrogens is 532 g/mol. The molecule has 1 saturated heterocycles. The second kappa shape index (κ2) is 9.76. The van der Waals surface area contributed by atoms with E-state index in [1.54, 1.807) is 12.1 Å². The van der Waals surface area contributed by atoms with Crippen LogP contribution in [0.15, 0.2) is 66.9 Å². The molecule has 3 aliphatic rings. The molecule has 0 saturated carbocycles. The maximum absolute atomic E-state index is 15.1. The van der Waals surface area contributed by atoms with Crippen molar-refractivity contribution in [2.24, 2.45) is 11.3 Å². The van der Waals surface area contributed by atoms with Crippen LogP contribution in [-0.2, 0) is 15.0 Å². The Morgan fingerprint density at radius 2 is 1.55 bits per heavy atom. The first-order valence-corrected chi connectivity index (χ1v) is 13.9. The molecule has 42 heavy (non-hydrogen) atoms. The summed E-state index contributed by atoms with van der Waals surface area (Å²) in [5, 5.41) is 3.07. The fourth-order valence-electron chi connectivity index (χ4n) is 7.01. The third-order valence-corrected chi connectivity index (χ3v) is 8.81. The van der Waals surface area contributed by atoms with Crippen molar-refractivity contribution in [2.75, 3.05) is 26.6 Å². The number of Topliss-reactive ketones (excluding diaryl/α,β-unsaturated/α-hetero) is 2. The molecule has 216 valence electrons. The van der Waals surface area contributed by atoms with Gasteiger partial charge in [0, 0.05) is 22.9 Å². The molecular formula is C34H34N2O6. The number of benzene rings is 3. The van der Waals surface area contributed by atoms with Gasteiger partial charge in [-0.25, -0.2) is 0 Å². The highest BCUT2D eigenvalue weighted by Crippen LogP contribution is 2.62. The lowest BCUT2D eigenvalue weighted by molar-refractivity contribution is -0.131. The monoisotopic (exact) mass is 566 g/mol. The number of ketones is 2. The molecule has 1 fully saturated rings. The van der Waals surface area contributed by atoms with Crippen LogP contribution in [0.1, 0.15) is 53.9 Å². The van der Waals surface area contributed by atoms with E-state index in [9.17, 15) is 9.59 Å². The molecule has 3 aromatic carbocycles. The van der Waals surface area contributed by atoms with Gasteiger partial charge in [-0.15, -0.1) is 0 Å². The number of methoxy groups -OCH3 is 3. The van der Waals surface area contributed by atoms with Crippen molar-refractivity contribution in [2.45, 2.75) is 38.3 Å². The maximum atomic E-state index is 15.1. The minimum absolute atomic E-state index is 0.128. The maximum Gasteiger partial charge on any atom is 0.238 e. The predicted molar refractivity (Wildman–Crippen MR) is 159 cm³/mol. The highest BCUT2D eigenvalue weighted by atomic mass is 16.5. The van der Waals surface area contributed by atoms with Gasteiger partial charge in [-0.1, -0.05) is 63.2 Å². The molecule has 3 aliphatic heterocycles. The van der Waals surface area contributed by atoms with E-state index >= 15 is 4.79 Å². The van der Waals surface area contributed by atoms with Crippen LogP contribution in [0.4, 0.5) is 5.69 Å². The lowest BCUT2D eigenvalue weighted by Gasteiger charge is -2.38. The number of rotatable bonds is 6. The van der Waals surface area contributed by atoms with Gasteiger partial charge in [-0.2, -0.15) is 0 Å². The number of hydrogen-bond acceptors (Lipinski definition) is 7. The molecule has 0 aromatic heterocycles. The Labute approximate surface area is 245 Å². The first kappa shape index (κ1) is 27.6. The van der Waals surface area contributed by atoms with Gasteiger partial charge in [0.2, 0.25) is 11.7 Å². The van der Waals surface area contributed by atoms with Crippen LogP contribution >= 0.6 is 0 Å². The summed E-state index contributed by atoms with van der Waals surface area (Å²) in [5.74, 6) is -0.899. The predicted octanol–water partition coefficient (Wildman–Crippen LogP) is 5.43. The summed E-state index contributed by atoms with van der Waals surface area (Å²) in [6.07, 6.45) is 3.83. The highest BCUT2D eigenvalue weighted by Gasteiger charge is 2.71. The van der Waals surface area contributed by atoms with Crippen molar-refractivity contribution in [3.63, 3.8) is 0 Å². The summed E-state index contributed by atoms with van der Waals surface area (Å²) >= 11 is 0. The fourth-order valence-corrected chi connectivity index (χ4v) is 7.01. The minimum Gasteiger partial charge on any atom is -0.493 e. The van der Waals surface area contributed by atoms with Crippen LogP contribution in [0.3, 0.4) is 0 Å². The van der Waals surface area contributed by atoms with Gasteiger partial charge < -0.3 is 24.4 Å². The topological polar surface area (TPSA) is 94.2 Å². The molecule has 1 amide bonds. The third-order valence-electron chi connectivity index (χ3n) is 8.81. The van der Waals surface area contributed by atoms with E-state index < -0.39 is 28.8 Å². The average molecular weight is 567 g/mol. The van der Waals surface area contributed by atoms with Crippen LogP contribution < -0.4 is 19.5 Å². The van der Waals surface area contributed by atoms with Crippen molar-refractivity contribution in [3.8, 4) is 17.2 Å². The molecule has 8 nitrogen and oxygen atoms in total. The van der Waals surface area contributed by atoms with E-state index in [1.165, 1.54) is 21.3 Å².